The number of carboxylic acids is 3. The average Bonchev–Trinajstić information content (AvgIpc) is 3.24. The Morgan fingerprint density at radius 3 is 1.94 bits per heavy atom. The fourth-order valence-corrected chi connectivity index (χ4v) is 4.02. The summed E-state index contributed by atoms with van der Waals surface area (Å²) >= 11 is 0. The Balaban J connectivity index is 0.000000313. The third-order valence-corrected chi connectivity index (χ3v) is 6.30. The second-order valence-corrected chi connectivity index (χ2v) is 9.76. The van der Waals surface area contributed by atoms with Crippen molar-refractivity contribution in [1.29, 1.82) is 0 Å². The fraction of sp³-hybridized carbons (Fsp3) is 0.462. The van der Waals surface area contributed by atoms with Crippen LogP contribution in [0.1, 0.15) is 18.4 Å². The van der Waals surface area contributed by atoms with Gasteiger partial charge in [0.05, 0.1) is 18.0 Å². The summed E-state index contributed by atoms with van der Waals surface area (Å²) in [6, 6.07) is 6.32. The average molecular weight is 707 g/mol. The van der Waals surface area contributed by atoms with Crippen LogP contribution in [0, 0.1) is 5.92 Å². The van der Waals surface area contributed by atoms with E-state index in [0.717, 1.165) is 68.3 Å². The molecule has 0 saturated carbocycles. The summed E-state index contributed by atoms with van der Waals surface area (Å²) in [4.78, 5) is 42.5. The minimum absolute atomic E-state index is 0.660. The first-order valence-corrected chi connectivity index (χ1v) is 13.4. The third kappa shape index (κ3) is 12.7. The molecule has 0 radical (unpaired) electrons. The summed E-state index contributed by atoms with van der Waals surface area (Å²) in [5, 5.41) is 24.7. The third-order valence-electron chi connectivity index (χ3n) is 6.30. The van der Waals surface area contributed by atoms with E-state index in [4.69, 9.17) is 39.4 Å². The number of ether oxygens (including phenoxy) is 1. The number of carboxylic acid groups (broad SMARTS) is 3. The second kappa shape index (κ2) is 16.8. The highest BCUT2D eigenvalue weighted by atomic mass is 19.4. The number of nitrogens with zero attached hydrogens (tertiary/aromatic N) is 5. The Morgan fingerprint density at radius 2 is 1.42 bits per heavy atom. The van der Waals surface area contributed by atoms with Crippen molar-refractivity contribution in [3.63, 3.8) is 0 Å². The molecule has 4 N–H and O–H groups in total. The Kier molecular flexibility index (Phi) is 13.7. The highest BCUT2D eigenvalue weighted by Crippen LogP contribution is 2.27. The van der Waals surface area contributed by atoms with Crippen LogP contribution in [-0.2, 0) is 27.5 Å². The summed E-state index contributed by atoms with van der Waals surface area (Å²) in [6.07, 6.45) is -7.32. The van der Waals surface area contributed by atoms with Gasteiger partial charge in [-0.25, -0.2) is 19.4 Å². The molecule has 0 unspecified atom stereocenters. The maximum absolute atomic E-state index is 10.6. The van der Waals surface area contributed by atoms with E-state index in [1.54, 1.807) is 0 Å². The normalized spacial score (nSPS) is 15.1. The van der Waals surface area contributed by atoms with Gasteiger partial charge in [-0.1, -0.05) is 0 Å². The molecule has 1 saturated heterocycles. The summed E-state index contributed by atoms with van der Waals surface area (Å²) in [6.45, 7) is 5.46. The molecule has 13 nitrogen and oxygen atoms in total. The first-order chi connectivity index (χ1) is 22.2. The van der Waals surface area contributed by atoms with Crippen molar-refractivity contribution in [2.45, 2.75) is 44.5 Å². The van der Waals surface area contributed by atoms with Gasteiger partial charge >= 0.3 is 36.4 Å². The molecule has 48 heavy (non-hydrogen) atoms. The summed E-state index contributed by atoms with van der Waals surface area (Å²) in [5.41, 5.74) is 3.29. The van der Waals surface area contributed by atoms with Crippen LogP contribution in [0.3, 0.4) is 0 Å². The number of nitrogens with one attached hydrogen (secondary N) is 1. The van der Waals surface area contributed by atoms with E-state index in [0.29, 0.717) is 12.5 Å². The molecule has 22 heteroatoms. The van der Waals surface area contributed by atoms with Crippen LogP contribution in [0.5, 0.6) is 5.88 Å². The number of hydrogen-bond acceptors (Lipinski definition) is 9. The zero-order valence-corrected chi connectivity index (χ0v) is 24.3. The van der Waals surface area contributed by atoms with E-state index in [2.05, 4.69) is 36.9 Å². The molecule has 2 aliphatic heterocycles. The number of anilines is 1. The van der Waals surface area contributed by atoms with Crippen molar-refractivity contribution in [2.75, 3.05) is 31.1 Å². The Morgan fingerprint density at radius 1 is 0.875 bits per heavy atom. The van der Waals surface area contributed by atoms with Crippen LogP contribution in [0.15, 0.2) is 36.9 Å². The standard InChI is InChI=1S/C20H24N6O.3C2HF3O2/c1-2-19(24-20-16(1)11-22-7-10-27-20)25-8-4-15(5-9-25)13-26-14-23-17-12-21-6-3-18(17)26;3*3-2(4,5)1(6)7/h1-3,6,12,14-15,22H,4-5,7-11,13H2;3*(H,6,7). The molecule has 0 spiro atoms. The van der Waals surface area contributed by atoms with Crippen molar-refractivity contribution >= 4 is 34.8 Å². The Bertz CT molecular complexity index is 1470. The molecule has 0 aromatic carbocycles. The number of fused-ring (bicyclic) bond motifs is 2. The van der Waals surface area contributed by atoms with E-state index in [-0.39, 0.29) is 0 Å². The van der Waals surface area contributed by atoms with Crippen LogP contribution in [0.4, 0.5) is 45.3 Å². The molecule has 266 valence electrons. The highest BCUT2D eigenvalue weighted by molar-refractivity contribution is 5.74. The van der Waals surface area contributed by atoms with Crippen LogP contribution >= 0.6 is 0 Å². The molecule has 3 aromatic rings. The van der Waals surface area contributed by atoms with Gasteiger partial charge in [0, 0.05) is 44.5 Å². The van der Waals surface area contributed by atoms with Gasteiger partial charge in [-0.2, -0.15) is 44.5 Å². The van der Waals surface area contributed by atoms with Gasteiger partial charge in [0.25, 0.3) is 0 Å². The molecule has 0 aliphatic carbocycles. The number of hydrogen-bond donors (Lipinski definition) is 4. The monoisotopic (exact) mass is 706 g/mol. The highest BCUT2D eigenvalue weighted by Gasteiger charge is 2.39. The Hall–Kier alpha value is -4.89. The van der Waals surface area contributed by atoms with Gasteiger partial charge in [0.2, 0.25) is 5.88 Å². The van der Waals surface area contributed by atoms with Crippen molar-refractivity contribution in [3.05, 3.63) is 42.5 Å². The van der Waals surface area contributed by atoms with Gasteiger partial charge < -0.3 is 34.8 Å². The molecule has 5 heterocycles. The molecule has 1 fully saturated rings. The summed E-state index contributed by atoms with van der Waals surface area (Å²) < 4.78 is 103. The lowest BCUT2D eigenvalue weighted by atomic mass is 9.96. The van der Waals surface area contributed by atoms with Crippen molar-refractivity contribution in [2.24, 2.45) is 5.92 Å². The van der Waals surface area contributed by atoms with Gasteiger partial charge in [0.15, 0.2) is 0 Å². The fourth-order valence-electron chi connectivity index (χ4n) is 4.02. The summed E-state index contributed by atoms with van der Waals surface area (Å²) in [7, 11) is 0. The number of aliphatic carboxylic acids is 3. The van der Waals surface area contributed by atoms with E-state index in [1.807, 2.05) is 24.8 Å². The predicted octanol–water partition coefficient (Wildman–Crippen LogP) is 4.12. The smallest absolute Gasteiger partial charge is 0.476 e. The largest absolute Gasteiger partial charge is 0.490 e. The van der Waals surface area contributed by atoms with Crippen molar-refractivity contribution in [3.8, 4) is 5.88 Å². The van der Waals surface area contributed by atoms with Crippen LogP contribution < -0.4 is 15.0 Å². The van der Waals surface area contributed by atoms with Crippen LogP contribution in [0.25, 0.3) is 11.0 Å². The lowest BCUT2D eigenvalue weighted by Gasteiger charge is -2.33. The maximum atomic E-state index is 10.6. The molecular formula is C26H27F9N6O7. The van der Waals surface area contributed by atoms with E-state index in [1.165, 1.54) is 5.52 Å². The van der Waals surface area contributed by atoms with Crippen LogP contribution in [-0.4, -0.2) is 97.5 Å². The van der Waals surface area contributed by atoms with Gasteiger partial charge in [0.1, 0.15) is 17.9 Å². The first kappa shape index (κ1) is 39.3. The number of alkyl halides is 9. The minimum atomic E-state index is -5.08. The van der Waals surface area contributed by atoms with Crippen LogP contribution in [0.2, 0.25) is 0 Å². The number of pyridine rings is 2. The molecule has 5 rings (SSSR count). The topological polar surface area (TPSA) is 180 Å². The van der Waals surface area contributed by atoms with E-state index in [9.17, 15) is 39.5 Å². The summed E-state index contributed by atoms with van der Waals surface area (Å²) in [5.74, 6) is -5.79. The van der Waals surface area contributed by atoms with Gasteiger partial charge in [-0.3, -0.25) is 4.98 Å². The first-order valence-electron chi connectivity index (χ1n) is 13.4. The zero-order chi connectivity index (χ0) is 36.3. The molecule has 0 amide bonds. The van der Waals surface area contributed by atoms with Crippen molar-refractivity contribution < 1.29 is 74.0 Å². The quantitative estimate of drug-likeness (QED) is 0.287. The van der Waals surface area contributed by atoms with Gasteiger partial charge in [-0.05, 0) is 37.0 Å². The number of piperidine rings is 1. The molecular weight excluding hydrogens is 679 g/mol. The van der Waals surface area contributed by atoms with E-state index >= 15 is 0 Å². The second-order valence-electron chi connectivity index (χ2n) is 9.76. The lowest BCUT2D eigenvalue weighted by molar-refractivity contribution is -0.193. The number of rotatable bonds is 3. The lowest BCUT2D eigenvalue weighted by Crippen LogP contribution is -2.35. The predicted molar refractivity (Wildman–Crippen MR) is 145 cm³/mol. The zero-order valence-electron chi connectivity index (χ0n) is 24.3. The molecule has 0 bridgehead atoms. The molecule has 0 atom stereocenters. The SMILES string of the molecule is O=C(O)C(F)(F)F.O=C(O)C(F)(F)F.O=C(O)C(F)(F)F.c1cc2c(cn1)ncn2CC1CCN(c2ccc3c(n2)OCCNC3)CC1. The Labute approximate surface area is 264 Å². The van der Waals surface area contributed by atoms with Gasteiger partial charge in [-0.15, -0.1) is 0 Å². The number of imidazole rings is 1. The van der Waals surface area contributed by atoms with Crippen molar-refractivity contribution in [1.82, 2.24) is 24.8 Å². The number of aromatic nitrogens is 4. The number of carbonyl (C=O) groups is 3. The van der Waals surface area contributed by atoms with E-state index < -0.39 is 36.4 Å². The molecule has 3 aromatic heterocycles. The number of halogens is 9. The molecule has 2 aliphatic rings. The minimum Gasteiger partial charge on any atom is -0.476 e. The maximum Gasteiger partial charge on any atom is 0.490 e.